The van der Waals surface area contributed by atoms with Gasteiger partial charge in [-0.05, 0) is 13.3 Å². The standard InChI is InChI=1S/C9H11N2O.Y/c1-7-6-9(4-3-5-12)11-8(2)10-7;/h5H,3-4H2,1-2H3;/q-1;. The first kappa shape index (κ1) is 12.9. The van der Waals surface area contributed by atoms with Gasteiger partial charge in [-0.15, -0.1) is 11.4 Å². The number of aldehydes is 1. The van der Waals surface area contributed by atoms with Crippen LogP contribution in [0.3, 0.4) is 0 Å². The topological polar surface area (TPSA) is 42.9 Å². The van der Waals surface area contributed by atoms with Gasteiger partial charge in [0.15, 0.2) is 0 Å². The molecule has 0 saturated heterocycles. The van der Waals surface area contributed by atoms with Crippen LogP contribution in [0.4, 0.5) is 0 Å². The maximum Gasteiger partial charge on any atom is 0.120 e. The fourth-order valence-electron chi connectivity index (χ4n) is 1.04. The Balaban J connectivity index is 0.00000144. The van der Waals surface area contributed by atoms with Crippen molar-refractivity contribution in [3.8, 4) is 0 Å². The van der Waals surface area contributed by atoms with Crippen molar-refractivity contribution < 1.29 is 37.5 Å². The molecule has 0 aliphatic rings. The largest absolute Gasteiger partial charge is 0.427 e. The molecule has 1 heterocycles. The zero-order valence-corrected chi connectivity index (χ0v) is 10.7. The van der Waals surface area contributed by atoms with Crippen LogP contribution in [0.2, 0.25) is 0 Å². The van der Waals surface area contributed by atoms with Crippen LogP contribution in [0.1, 0.15) is 23.6 Å². The van der Waals surface area contributed by atoms with E-state index in [4.69, 9.17) is 0 Å². The van der Waals surface area contributed by atoms with E-state index in [1.54, 1.807) is 0 Å². The van der Waals surface area contributed by atoms with Crippen LogP contribution in [-0.4, -0.2) is 16.3 Å². The normalized spacial score (nSPS) is 9.08. The molecule has 3 nitrogen and oxygen atoms in total. The van der Waals surface area contributed by atoms with Crippen molar-refractivity contribution >= 4 is 6.29 Å². The predicted octanol–water partition coefficient (Wildman–Crippen LogP) is 1.02. The summed E-state index contributed by atoms with van der Waals surface area (Å²) in [5.74, 6) is 0.743. The molecule has 0 aromatic carbocycles. The second kappa shape index (κ2) is 6.33. The number of carbonyl (C=O) groups excluding carboxylic acids is 1. The molecule has 0 N–H and O–H groups in total. The maximum atomic E-state index is 10.1. The molecule has 1 aromatic rings. The molecular weight excluding hydrogens is 241 g/mol. The number of hydrogen-bond acceptors (Lipinski definition) is 3. The van der Waals surface area contributed by atoms with Crippen LogP contribution in [0.5, 0.6) is 0 Å². The van der Waals surface area contributed by atoms with Gasteiger partial charge in [0, 0.05) is 39.1 Å². The Kier molecular flexibility index (Phi) is 6.26. The molecule has 4 heteroatoms. The Bertz CT molecular complexity index is 269. The third kappa shape index (κ3) is 4.58. The van der Waals surface area contributed by atoms with Crippen molar-refractivity contribution in [2.45, 2.75) is 26.7 Å². The van der Waals surface area contributed by atoms with Gasteiger partial charge in [-0.2, -0.15) is 0 Å². The van der Waals surface area contributed by atoms with Gasteiger partial charge in [0.1, 0.15) is 12.1 Å². The van der Waals surface area contributed by atoms with Crippen molar-refractivity contribution in [3.63, 3.8) is 0 Å². The van der Waals surface area contributed by atoms with Gasteiger partial charge in [-0.3, -0.25) is 9.97 Å². The zero-order valence-electron chi connectivity index (χ0n) is 7.87. The van der Waals surface area contributed by atoms with Gasteiger partial charge in [-0.1, -0.05) is 6.92 Å². The van der Waals surface area contributed by atoms with Crippen LogP contribution in [0.25, 0.3) is 0 Å². The van der Waals surface area contributed by atoms with Crippen LogP contribution in [0, 0.1) is 19.9 Å². The summed E-state index contributed by atoms with van der Waals surface area (Å²) in [5.41, 5.74) is 1.66. The van der Waals surface area contributed by atoms with E-state index in [0.717, 1.165) is 23.5 Å². The molecule has 67 valence electrons. The van der Waals surface area contributed by atoms with E-state index in [9.17, 15) is 4.79 Å². The quantitative estimate of drug-likeness (QED) is 0.596. The summed E-state index contributed by atoms with van der Waals surface area (Å²) in [6.45, 7) is 3.71. The first-order valence-corrected chi connectivity index (χ1v) is 3.89. The van der Waals surface area contributed by atoms with Gasteiger partial charge in [0.05, 0.1) is 0 Å². The van der Waals surface area contributed by atoms with Crippen molar-refractivity contribution in [3.05, 3.63) is 23.3 Å². The smallest absolute Gasteiger partial charge is 0.120 e. The van der Waals surface area contributed by atoms with Crippen molar-refractivity contribution in [1.29, 1.82) is 0 Å². The number of carbonyl (C=O) groups is 1. The van der Waals surface area contributed by atoms with E-state index >= 15 is 0 Å². The van der Waals surface area contributed by atoms with Gasteiger partial charge < -0.3 is 10.9 Å². The van der Waals surface area contributed by atoms with Gasteiger partial charge in [0.25, 0.3) is 0 Å². The van der Waals surface area contributed by atoms with E-state index < -0.39 is 0 Å². The molecule has 0 bridgehead atoms. The minimum absolute atomic E-state index is 0. The number of hydrogen-bond donors (Lipinski definition) is 0. The minimum Gasteiger partial charge on any atom is -0.427 e. The fraction of sp³-hybridized carbons (Fsp3) is 0.444. The zero-order chi connectivity index (χ0) is 8.97. The van der Waals surface area contributed by atoms with E-state index in [-0.39, 0.29) is 32.7 Å². The summed E-state index contributed by atoms with van der Waals surface area (Å²) in [4.78, 5) is 18.3. The second-order valence-corrected chi connectivity index (χ2v) is 2.63. The Hall–Kier alpha value is -0.146. The number of aromatic nitrogens is 2. The molecule has 0 atom stereocenters. The van der Waals surface area contributed by atoms with Crippen LogP contribution in [-0.2, 0) is 43.9 Å². The number of nitrogens with zero attached hydrogens (tertiary/aromatic N) is 2. The van der Waals surface area contributed by atoms with E-state index in [1.807, 2.05) is 13.8 Å². The summed E-state index contributed by atoms with van der Waals surface area (Å²) in [5, 5.41) is 0. The van der Waals surface area contributed by atoms with Crippen LogP contribution in [0.15, 0.2) is 0 Å². The summed E-state index contributed by atoms with van der Waals surface area (Å²) < 4.78 is 0. The summed E-state index contributed by atoms with van der Waals surface area (Å²) in [6.07, 6.45) is 2.06. The molecule has 0 amide bonds. The van der Waals surface area contributed by atoms with Crippen molar-refractivity contribution in [1.82, 2.24) is 9.97 Å². The SMILES string of the molecule is Cc1[c-]c(CCC=O)nc(C)n1.[Y]. The Morgan fingerprint density at radius 3 is 2.62 bits per heavy atom. The Morgan fingerprint density at radius 1 is 1.38 bits per heavy atom. The summed E-state index contributed by atoms with van der Waals surface area (Å²) in [7, 11) is 0. The second-order valence-electron chi connectivity index (χ2n) is 2.63. The molecule has 13 heavy (non-hydrogen) atoms. The molecule has 0 spiro atoms. The van der Waals surface area contributed by atoms with Gasteiger partial charge in [0.2, 0.25) is 0 Å². The van der Waals surface area contributed by atoms with Crippen LogP contribution >= 0.6 is 0 Å². The molecule has 0 fully saturated rings. The monoisotopic (exact) mass is 252 g/mol. The van der Waals surface area contributed by atoms with Gasteiger partial charge >= 0.3 is 0 Å². The van der Waals surface area contributed by atoms with Crippen LogP contribution < -0.4 is 0 Å². The number of rotatable bonds is 3. The average molecular weight is 252 g/mol. The molecule has 1 aromatic heterocycles. The van der Waals surface area contributed by atoms with Gasteiger partial charge in [-0.25, -0.2) is 0 Å². The molecule has 1 rings (SSSR count). The molecule has 0 saturated carbocycles. The number of aryl methyl sites for hydroxylation is 3. The Morgan fingerprint density at radius 2 is 2.08 bits per heavy atom. The minimum atomic E-state index is 0. The Labute approximate surface area is 103 Å². The maximum absolute atomic E-state index is 10.1. The molecule has 0 aliphatic carbocycles. The average Bonchev–Trinajstić information content (AvgIpc) is 1.99. The van der Waals surface area contributed by atoms with E-state index in [2.05, 4.69) is 16.0 Å². The van der Waals surface area contributed by atoms with E-state index in [1.165, 1.54) is 0 Å². The molecule has 1 radical (unpaired) electrons. The third-order valence-corrected chi connectivity index (χ3v) is 1.45. The first-order chi connectivity index (χ1) is 5.72. The fourth-order valence-corrected chi connectivity index (χ4v) is 1.04. The van der Waals surface area contributed by atoms with Crippen molar-refractivity contribution in [2.75, 3.05) is 0 Å². The molecule has 0 unspecified atom stereocenters. The van der Waals surface area contributed by atoms with Crippen molar-refractivity contribution in [2.24, 2.45) is 0 Å². The summed E-state index contributed by atoms with van der Waals surface area (Å²) in [6, 6.07) is 3.00. The third-order valence-electron chi connectivity index (χ3n) is 1.45. The first-order valence-electron chi connectivity index (χ1n) is 3.89. The summed E-state index contributed by atoms with van der Waals surface area (Å²) >= 11 is 0. The molecular formula is C9H11N2OY-. The predicted molar refractivity (Wildman–Crippen MR) is 44.7 cm³/mol. The van der Waals surface area contributed by atoms with E-state index in [0.29, 0.717) is 12.8 Å². The molecule has 0 aliphatic heterocycles.